The van der Waals surface area contributed by atoms with E-state index in [1.54, 1.807) is 35.4 Å². The molecule has 7 nitrogen and oxygen atoms in total. The van der Waals surface area contributed by atoms with Crippen molar-refractivity contribution in [1.82, 2.24) is 19.5 Å². The zero-order chi connectivity index (χ0) is 18.6. The number of fused-ring (bicyclic) bond motifs is 1. The maximum atomic E-state index is 11.3. The van der Waals surface area contributed by atoms with Gasteiger partial charge in [0.25, 0.3) is 0 Å². The molecule has 134 valence electrons. The minimum Gasteiger partial charge on any atom is -0.427 e. The lowest BCUT2D eigenvalue weighted by Gasteiger charge is -2.12. The van der Waals surface area contributed by atoms with Crippen molar-refractivity contribution in [3.63, 3.8) is 0 Å². The third-order valence-electron chi connectivity index (χ3n) is 3.96. The summed E-state index contributed by atoms with van der Waals surface area (Å²) in [4.78, 5) is 24.6. The van der Waals surface area contributed by atoms with Crippen molar-refractivity contribution >= 4 is 22.7 Å². The topological polar surface area (TPSA) is 81.9 Å². The summed E-state index contributed by atoms with van der Waals surface area (Å²) in [6.07, 6.45) is 5.11. The van der Waals surface area contributed by atoms with E-state index in [-0.39, 0.29) is 5.97 Å². The molecule has 0 bridgehead atoms. The number of nitrogens with zero attached hydrogens (tertiary/aromatic N) is 4. The van der Waals surface area contributed by atoms with Gasteiger partial charge in [-0.15, -0.1) is 0 Å². The molecule has 4 aromatic rings. The van der Waals surface area contributed by atoms with Gasteiger partial charge in [0.15, 0.2) is 0 Å². The third-order valence-corrected chi connectivity index (χ3v) is 3.96. The second kappa shape index (κ2) is 7.25. The molecular weight excluding hydrogens is 342 g/mol. The highest BCUT2D eigenvalue weighted by Crippen LogP contribution is 2.26. The van der Waals surface area contributed by atoms with E-state index in [0.29, 0.717) is 24.1 Å². The molecule has 1 N–H and O–H groups in total. The number of nitrogens with one attached hydrogen (secondary N) is 1. The molecule has 0 aliphatic carbocycles. The first-order chi connectivity index (χ1) is 13.2. The van der Waals surface area contributed by atoms with Crippen molar-refractivity contribution in [2.75, 3.05) is 5.32 Å². The molecule has 0 saturated heterocycles. The van der Waals surface area contributed by atoms with Gasteiger partial charge in [-0.2, -0.15) is 4.98 Å². The van der Waals surface area contributed by atoms with Crippen LogP contribution in [-0.2, 0) is 11.3 Å². The molecular formula is C20H17N5O2. The zero-order valence-electron chi connectivity index (χ0n) is 14.7. The largest absolute Gasteiger partial charge is 0.427 e. The summed E-state index contributed by atoms with van der Waals surface area (Å²) in [5, 5.41) is 4.13. The van der Waals surface area contributed by atoms with Crippen LogP contribution >= 0.6 is 0 Å². The molecule has 0 fully saturated rings. The van der Waals surface area contributed by atoms with Gasteiger partial charge in [-0.05, 0) is 23.8 Å². The Morgan fingerprint density at radius 1 is 1.15 bits per heavy atom. The lowest BCUT2D eigenvalue weighted by molar-refractivity contribution is -0.131. The molecule has 0 radical (unpaired) electrons. The number of aromatic nitrogens is 4. The number of carbonyl (C=O) groups excluding carboxylic acids is 1. The predicted molar refractivity (Wildman–Crippen MR) is 102 cm³/mol. The van der Waals surface area contributed by atoms with E-state index in [2.05, 4.69) is 20.3 Å². The lowest BCUT2D eigenvalue weighted by Crippen LogP contribution is -2.07. The first kappa shape index (κ1) is 16.7. The molecule has 0 saturated carbocycles. The summed E-state index contributed by atoms with van der Waals surface area (Å²) < 4.78 is 6.95. The molecule has 2 aromatic carbocycles. The number of esters is 1. The minimum atomic E-state index is -0.371. The van der Waals surface area contributed by atoms with Gasteiger partial charge in [0.05, 0.1) is 5.52 Å². The van der Waals surface area contributed by atoms with Gasteiger partial charge in [-0.1, -0.05) is 30.3 Å². The first-order valence-electron chi connectivity index (χ1n) is 8.45. The predicted octanol–water partition coefficient (Wildman–Crippen LogP) is 3.35. The molecule has 0 atom stereocenters. The van der Waals surface area contributed by atoms with E-state index in [1.807, 2.05) is 36.4 Å². The van der Waals surface area contributed by atoms with Crippen LogP contribution in [0.15, 0.2) is 67.3 Å². The number of benzene rings is 2. The maximum absolute atomic E-state index is 11.3. The number of hydrogen-bond acceptors (Lipinski definition) is 6. The monoisotopic (exact) mass is 359 g/mol. The molecule has 0 amide bonds. The molecule has 0 spiro atoms. The summed E-state index contributed by atoms with van der Waals surface area (Å²) in [5.41, 5.74) is 1.87. The van der Waals surface area contributed by atoms with Crippen LogP contribution < -0.4 is 10.1 Å². The van der Waals surface area contributed by atoms with Crippen molar-refractivity contribution < 1.29 is 9.53 Å². The van der Waals surface area contributed by atoms with Gasteiger partial charge in [-0.25, -0.2) is 9.97 Å². The Hall–Kier alpha value is -3.74. The number of carbonyl (C=O) groups is 1. The van der Waals surface area contributed by atoms with Crippen LogP contribution in [0.4, 0.5) is 5.82 Å². The fourth-order valence-electron chi connectivity index (χ4n) is 2.73. The highest BCUT2D eigenvalue weighted by Gasteiger charge is 2.11. The summed E-state index contributed by atoms with van der Waals surface area (Å²) in [5.74, 6) is 1.25. The van der Waals surface area contributed by atoms with Crippen LogP contribution in [-0.4, -0.2) is 25.5 Å². The van der Waals surface area contributed by atoms with Crippen molar-refractivity contribution in [3.05, 3.63) is 72.8 Å². The van der Waals surface area contributed by atoms with Gasteiger partial charge in [0, 0.05) is 31.2 Å². The third kappa shape index (κ3) is 3.77. The molecule has 2 aromatic heterocycles. The first-order valence-corrected chi connectivity index (χ1v) is 8.45. The summed E-state index contributed by atoms with van der Waals surface area (Å²) in [7, 11) is 0. The number of rotatable bonds is 5. The number of hydrogen-bond donors (Lipinski definition) is 1. The molecule has 2 heterocycles. The normalized spacial score (nSPS) is 10.7. The van der Waals surface area contributed by atoms with E-state index >= 15 is 0 Å². The second-order valence-electron chi connectivity index (χ2n) is 5.95. The molecule has 7 heteroatoms. The molecule has 0 aliphatic heterocycles. The van der Waals surface area contributed by atoms with Crippen LogP contribution in [0.5, 0.6) is 5.75 Å². The van der Waals surface area contributed by atoms with Gasteiger partial charge >= 0.3 is 5.97 Å². The lowest BCUT2D eigenvalue weighted by atomic mass is 10.2. The van der Waals surface area contributed by atoms with Crippen LogP contribution in [0, 0.1) is 0 Å². The van der Waals surface area contributed by atoms with Gasteiger partial charge in [-0.3, -0.25) is 9.36 Å². The summed E-state index contributed by atoms with van der Waals surface area (Å²) in [6, 6.07) is 15.3. The summed E-state index contributed by atoms with van der Waals surface area (Å²) in [6.45, 7) is 1.98. The molecule has 4 rings (SSSR count). The smallest absolute Gasteiger partial charge is 0.308 e. The highest BCUT2D eigenvalue weighted by molar-refractivity contribution is 5.91. The van der Waals surface area contributed by atoms with Crippen molar-refractivity contribution in [2.24, 2.45) is 0 Å². The molecule has 0 aliphatic rings. The van der Waals surface area contributed by atoms with Gasteiger partial charge in [0.1, 0.15) is 17.9 Å². The van der Waals surface area contributed by atoms with E-state index in [0.717, 1.165) is 16.5 Å². The number of anilines is 1. The Morgan fingerprint density at radius 2 is 2.00 bits per heavy atom. The van der Waals surface area contributed by atoms with Crippen LogP contribution in [0.25, 0.3) is 16.9 Å². The molecule has 0 unspecified atom stereocenters. The van der Waals surface area contributed by atoms with Crippen molar-refractivity contribution in [2.45, 2.75) is 13.5 Å². The van der Waals surface area contributed by atoms with Gasteiger partial charge < -0.3 is 10.1 Å². The van der Waals surface area contributed by atoms with E-state index in [4.69, 9.17) is 4.74 Å². The average Bonchev–Trinajstić information content (AvgIpc) is 3.21. The Bertz CT molecular complexity index is 1080. The van der Waals surface area contributed by atoms with E-state index in [9.17, 15) is 4.79 Å². The Morgan fingerprint density at radius 3 is 2.74 bits per heavy atom. The Balaban J connectivity index is 1.77. The maximum Gasteiger partial charge on any atom is 0.308 e. The van der Waals surface area contributed by atoms with E-state index in [1.165, 1.54) is 6.92 Å². The minimum absolute atomic E-state index is 0.371. The van der Waals surface area contributed by atoms with Crippen LogP contribution in [0.2, 0.25) is 0 Å². The molecule has 27 heavy (non-hydrogen) atoms. The average molecular weight is 359 g/mol. The van der Waals surface area contributed by atoms with Crippen LogP contribution in [0.3, 0.4) is 0 Å². The van der Waals surface area contributed by atoms with Crippen molar-refractivity contribution in [1.29, 1.82) is 0 Å². The number of ether oxygens (including phenoxy) is 1. The fourth-order valence-corrected chi connectivity index (χ4v) is 2.73. The number of imidazole rings is 1. The highest BCUT2D eigenvalue weighted by atomic mass is 16.5. The quantitative estimate of drug-likeness (QED) is 0.435. The van der Waals surface area contributed by atoms with Gasteiger partial charge in [0.2, 0.25) is 5.95 Å². The second-order valence-corrected chi connectivity index (χ2v) is 5.95. The Kier molecular flexibility index (Phi) is 4.49. The zero-order valence-corrected chi connectivity index (χ0v) is 14.7. The SMILES string of the molecule is CC(=O)Oc1ccc2nc(-n3ccnc3)nc(NCc3ccccc3)c2c1. The fraction of sp³-hybridized carbons (Fsp3) is 0.100. The standard InChI is InChI=1S/C20H17N5O2/c1-14(26)27-16-7-8-18-17(11-16)19(22-12-15-5-3-2-4-6-15)24-20(23-18)25-10-9-21-13-25/h2-11,13H,12H2,1H3,(H,22,23,24). The van der Waals surface area contributed by atoms with E-state index < -0.39 is 0 Å². The van der Waals surface area contributed by atoms with Crippen molar-refractivity contribution in [3.8, 4) is 11.7 Å². The van der Waals surface area contributed by atoms with Crippen LogP contribution in [0.1, 0.15) is 12.5 Å². The summed E-state index contributed by atoms with van der Waals surface area (Å²) >= 11 is 0. The Labute approximate surface area is 155 Å².